The molecule has 5 atom stereocenters. The molecule has 0 aliphatic carbocycles. The third-order valence-corrected chi connectivity index (χ3v) is 4.98. The fourth-order valence-corrected chi connectivity index (χ4v) is 3.43. The molecule has 0 aromatic rings. The van der Waals surface area contributed by atoms with Crippen LogP contribution in [0.5, 0.6) is 0 Å². The molecular formula is C20H36O6. The Balaban J connectivity index is 2.44. The molecule has 0 spiro atoms. The highest BCUT2D eigenvalue weighted by Gasteiger charge is 2.35. The van der Waals surface area contributed by atoms with E-state index in [0.717, 1.165) is 44.9 Å². The van der Waals surface area contributed by atoms with Crippen LogP contribution in [0, 0.1) is 5.92 Å². The first-order chi connectivity index (χ1) is 12.4. The van der Waals surface area contributed by atoms with Gasteiger partial charge in [0.25, 0.3) is 0 Å². The topological polar surface area (TPSA) is 107 Å². The van der Waals surface area contributed by atoms with Gasteiger partial charge in [0.1, 0.15) is 0 Å². The number of carboxylic acid groups (broad SMARTS) is 1. The number of hydrogen-bond acceptors (Lipinski definition) is 5. The number of ether oxygens (including phenoxy) is 1. The number of aliphatic hydroxyl groups excluding tert-OH is 3. The van der Waals surface area contributed by atoms with E-state index in [4.69, 9.17) is 9.84 Å². The molecule has 0 saturated carbocycles. The number of aliphatic hydroxyl groups is 3. The number of hydrogen-bond donors (Lipinski definition) is 4. The molecule has 0 radical (unpaired) electrons. The highest BCUT2D eigenvalue weighted by atomic mass is 16.6. The van der Waals surface area contributed by atoms with Crippen molar-refractivity contribution in [1.82, 2.24) is 0 Å². The van der Waals surface area contributed by atoms with Crippen LogP contribution in [0.25, 0.3) is 0 Å². The van der Waals surface area contributed by atoms with Crippen LogP contribution in [0.1, 0.15) is 77.6 Å². The third-order valence-electron chi connectivity index (χ3n) is 4.98. The Morgan fingerprint density at radius 1 is 1.15 bits per heavy atom. The van der Waals surface area contributed by atoms with Crippen molar-refractivity contribution in [3.05, 3.63) is 12.2 Å². The van der Waals surface area contributed by atoms with Gasteiger partial charge >= 0.3 is 5.97 Å². The molecule has 1 fully saturated rings. The Labute approximate surface area is 156 Å². The summed E-state index contributed by atoms with van der Waals surface area (Å²) >= 11 is 0. The molecule has 1 heterocycles. The second kappa shape index (κ2) is 13.3. The summed E-state index contributed by atoms with van der Waals surface area (Å²) in [4.78, 5) is 10.5. The Bertz CT molecular complexity index is 411. The normalized spacial score (nSPS) is 27.7. The highest BCUT2D eigenvalue weighted by Crippen LogP contribution is 2.30. The summed E-state index contributed by atoms with van der Waals surface area (Å²) in [5, 5.41) is 38.7. The number of rotatable bonds is 13. The van der Waals surface area contributed by atoms with Crippen LogP contribution in [0.3, 0.4) is 0 Å². The lowest BCUT2D eigenvalue weighted by Gasteiger charge is -2.37. The molecule has 1 aliphatic rings. The van der Waals surface area contributed by atoms with Gasteiger partial charge in [0, 0.05) is 18.8 Å². The van der Waals surface area contributed by atoms with Crippen molar-refractivity contribution >= 4 is 5.97 Å². The van der Waals surface area contributed by atoms with Gasteiger partial charge in [0.15, 0.2) is 6.29 Å². The summed E-state index contributed by atoms with van der Waals surface area (Å²) in [6.45, 7) is 2.12. The maximum Gasteiger partial charge on any atom is 0.303 e. The molecule has 0 amide bonds. The molecule has 1 saturated heterocycles. The Morgan fingerprint density at radius 3 is 2.58 bits per heavy atom. The lowest BCUT2D eigenvalue weighted by molar-refractivity contribution is -0.201. The van der Waals surface area contributed by atoms with Crippen LogP contribution < -0.4 is 0 Å². The van der Waals surface area contributed by atoms with Crippen molar-refractivity contribution in [2.75, 3.05) is 0 Å². The minimum Gasteiger partial charge on any atom is -0.481 e. The summed E-state index contributed by atoms with van der Waals surface area (Å²) in [6, 6.07) is 0. The van der Waals surface area contributed by atoms with Gasteiger partial charge in [0.05, 0.1) is 18.3 Å². The Kier molecular flexibility index (Phi) is 11.8. The van der Waals surface area contributed by atoms with Crippen LogP contribution in [-0.2, 0) is 9.53 Å². The minimum atomic E-state index is -0.983. The van der Waals surface area contributed by atoms with Gasteiger partial charge in [-0.05, 0) is 19.3 Å². The van der Waals surface area contributed by atoms with Gasteiger partial charge in [-0.15, -0.1) is 0 Å². The lowest BCUT2D eigenvalue weighted by Crippen LogP contribution is -2.43. The third kappa shape index (κ3) is 9.67. The van der Waals surface area contributed by atoms with Gasteiger partial charge in [-0.1, -0.05) is 57.6 Å². The summed E-state index contributed by atoms with van der Waals surface area (Å²) in [6.07, 6.45) is 9.27. The molecule has 1 unspecified atom stereocenters. The Morgan fingerprint density at radius 2 is 1.88 bits per heavy atom. The summed E-state index contributed by atoms with van der Waals surface area (Å²) < 4.78 is 5.57. The molecule has 0 aromatic carbocycles. The standard InChI is InChI=1S/C20H36O6/c1-2-3-6-9-15(21)12-13-18-16(17(22)14-20(25)26-18)10-7-4-5-8-11-19(23)24/h12-13,15-18,20-22,25H,2-11,14H2,1H3,(H,23,24)/b13-12+/t15-,16-,17-,18+,20?/m0/s1. The first-order valence-electron chi connectivity index (χ1n) is 10.0. The van der Waals surface area contributed by atoms with E-state index in [-0.39, 0.29) is 18.8 Å². The number of unbranched alkanes of at least 4 members (excludes halogenated alkanes) is 5. The average Bonchev–Trinajstić information content (AvgIpc) is 2.57. The molecule has 1 rings (SSSR count). The van der Waals surface area contributed by atoms with Gasteiger partial charge in [-0.3, -0.25) is 4.79 Å². The lowest BCUT2D eigenvalue weighted by atomic mass is 9.85. The average molecular weight is 373 g/mol. The van der Waals surface area contributed by atoms with Crippen LogP contribution in [0.2, 0.25) is 0 Å². The van der Waals surface area contributed by atoms with E-state index in [0.29, 0.717) is 12.8 Å². The smallest absolute Gasteiger partial charge is 0.303 e. The first-order valence-corrected chi connectivity index (χ1v) is 10.0. The van der Waals surface area contributed by atoms with Crippen molar-refractivity contribution in [3.8, 4) is 0 Å². The predicted octanol–water partition coefficient (Wildman–Crippen LogP) is 2.99. The largest absolute Gasteiger partial charge is 0.481 e. The van der Waals surface area contributed by atoms with Crippen LogP contribution >= 0.6 is 0 Å². The SMILES string of the molecule is CCCCC[C@H](O)/C=C/[C@H]1OC(O)C[C@H](O)[C@@H]1CCCCCCC(=O)O. The van der Waals surface area contributed by atoms with E-state index in [2.05, 4.69) is 6.92 Å². The predicted molar refractivity (Wildman–Crippen MR) is 99.6 cm³/mol. The van der Waals surface area contributed by atoms with Crippen LogP contribution in [0.15, 0.2) is 12.2 Å². The van der Waals surface area contributed by atoms with Crippen molar-refractivity contribution < 1.29 is 30.0 Å². The fourth-order valence-electron chi connectivity index (χ4n) is 3.43. The van der Waals surface area contributed by atoms with E-state index in [1.807, 2.05) is 0 Å². The minimum absolute atomic E-state index is 0.114. The van der Waals surface area contributed by atoms with Gasteiger partial charge < -0.3 is 25.2 Å². The number of carbonyl (C=O) groups is 1. The molecule has 6 heteroatoms. The van der Waals surface area contributed by atoms with Crippen molar-refractivity contribution in [2.24, 2.45) is 5.92 Å². The monoisotopic (exact) mass is 372 g/mol. The molecule has 0 aromatic heterocycles. The second-order valence-corrected chi connectivity index (χ2v) is 7.32. The van der Waals surface area contributed by atoms with E-state index in [9.17, 15) is 20.1 Å². The fraction of sp³-hybridized carbons (Fsp3) is 0.850. The molecule has 4 N–H and O–H groups in total. The highest BCUT2D eigenvalue weighted by molar-refractivity contribution is 5.66. The van der Waals surface area contributed by atoms with Crippen LogP contribution in [-0.4, -0.2) is 51.0 Å². The first kappa shape index (κ1) is 23.1. The summed E-state index contributed by atoms with van der Waals surface area (Å²) in [5.41, 5.74) is 0. The van der Waals surface area contributed by atoms with Crippen molar-refractivity contribution in [1.29, 1.82) is 0 Å². The van der Waals surface area contributed by atoms with Crippen LogP contribution in [0.4, 0.5) is 0 Å². The van der Waals surface area contributed by atoms with E-state index < -0.39 is 30.6 Å². The summed E-state index contributed by atoms with van der Waals surface area (Å²) in [5.74, 6) is -0.880. The Hall–Kier alpha value is -0.950. The van der Waals surface area contributed by atoms with Gasteiger partial charge in [-0.2, -0.15) is 0 Å². The number of aliphatic carboxylic acids is 1. The van der Waals surface area contributed by atoms with E-state index in [1.54, 1.807) is 12.2 Å². The van der Waals surface area contributed by atoms with E-state index >= 15 is 0 Å². The summed E-state index contributed by atoms with van der Waals surface area (Å²) in [7, 11) is 0. The second-order valence-electron chi connectivity index (χ2n) is 7.32. The number of carboxylic acids is 1. The van der Waals surface area contributed by atoms with Crippen molar-refractivity contribution in [2.45, 2.75) is 102 Å². The quantitative estimate of drug-likeness (QED) is 0.292. The molecule has 26 heavy (non-hydrogen) atoms. The van der Waals surface area contributed by atoms with E-state index in [1.165, 1.54) is 0 Å². The van der Waals surface area contributed by atoms with Crippen molar-refractivity contribution in [3.63, 3.8) is 0 Å². The molecule has 1 aliphatic heterocycles. The molecule has 6 nitrogen and oxygen atoms in total. The zero-order valence-electron chi connectivity index (χ0n) is 15.9. The molecular weight excluding hydrogens is 336 g/mol. The maximum absolute atomic E-state index is 10.5. The zero-order chi connectivity index (χ0) is 19.4. The molecule has 0 bridgehead atoms. The maximum atomic E-state index is 10.5. The molecule has 152 valence electrons. The van der Waals surface area contributed by atoms with Gasteiger partial charge in [-0.25, -0.2) is 0 Å². The zero-order valence-corrected chi connectivity index (χ0v) is 15.9. The van der Waals surface area contributed by atoms with Gasteiger partial charge in [0.2, 0.25) is 0 Å².